The first-order valence-electron chi connectivity index (χ1n) is 9.87. The highest BCUT2D eigenvalue weighted by atomic mass is 16.3. The van der Waals surface area contributed by atoms with Crippen molar-refractivity contribution in [3.63, 3.8) is 0 Å². The molecule has 0 bridgehead atoms. The Balaban J connectivity index is 1.58. The number of carbonyl (C=O) groups excluding carboxylic acids is 1. The molecule has 1 N–H and O–H groups in total. The van der Waals surface area contributed by atoms with Crippen molar-refractivity contribution < 1.29 is 9.90 Å². The van der Waals surface area contributed by atoms with Crippen molar-refractivity contribution in [3.05, 3.63) is 48.5 Å². The summed E-state index contributed by atoms with van der Waals surface area (Å²) in [6.07, 6.45) is 0. The molecule has 0 unspecified atom stereocenters. The van der Waals surface area contributed by atoms with E-state index in [0.717, 1.165) is 37.6 Å². The fourth-order valence-corrected chi connectivity index (χ4v) is 3.62. The van der Waals surface area contributed by atoms with Crippen LogP contribution in [0.3, 0.4) is 0 Å². The highest BCUT2D eigenvalue weighted by molar-refractivity contribution is 5.91. The van der Waals surface area contributed by atoms with Gasteiger partial charge >= 0.3 is 6.03 Å². The van der Waals surface area contributed by atoms with Crippen molar-refractivity contribution >= 4 is 23.1 Å². The lowest BCUT2D eigenvalue weighted by atomic mass is 10.2. The molecule has 1 heterocycles. The first kappa shape index (κ1) is 20.8. The number of rotatable bonds is 5. The molecule has 7 nitrogen and oxygen atoms in total. The third-order valence-electron chi connectivity index (χ3n) is 5.21. The first-order valence-corrected chi connectivity index (χ1v) is 9.87. The molecule has 0 atom stereocenters. The largest absolute Gasteiger partial charge is 0.508 e. The minimum atomic E-state index is -0.0334. The predicted molar refractivity (Wildman–Crippen MR) is 119 cm³/mol. The number of anilines is 3. The van der Waals surface area contributed by atoms with Crippen LogP contribution in [0.15, 0.2) is 48.5 Å². The molecule has 2 amide bonds. The number of aromatic hydroxyl groups is 1. The van der Waals surface area contributed by atoms with E-state index in [4.69, 9.17) is 0 Å². The molecule has 1 aliphatic heterocycles. The number of amides is 2. The lowest BCUT2D eigenvalue weighted by Gasteiger charge is -2.37. The second-order valence-electron chi connectivity index (χ2n) is 7.77. The Hall–Kier alpha value is -2.93. The van der Waals surface area contributed by atoms with Gasteiger partial charge in [0.25, 0.3) is 0 Å². The molecule has 156 valence electrons. The number of piperazine rings is 1. The number of benzene rings is 2. The standard InChI is InChI=1S/C22H31N5O2/c1-23(2)17-24(3)22(29)25(4)18-5-7-19(8-6-18)26-13-15-27(16-14-26)20-9-11-21(28)12-10-20/h5-12,28H,13-17H2,1-4H3. The lowest BCUT2D eigenvalue weighted by molar-refractivity contribution is 0.189. The highest BCUT2D eigenvalue weighted by Gasteiger charge is 2.19. The van der Waals surface area contributed by atoms with Gasteiger partial charge in [-0.3, -0.25) is 9.80 Å². The van der Waals surface area contributed by atoms with E-state index in [1.807, 2.05) is 43.3 Å². The second-order valence-corrected chi connectivity index (χ2v) is 7.77. The third-order valence-corrected chi connectivity index (χ3v) is 5.21. The molecule has 1 aliphatic rings. The number of hydrogen-bond acceptors (Lipinski definition) is 5. The number of nitrogens with zero attached hydrogens (tertiary/aromatic N) is 5. The van der Waals surface area contributed by atoms with Crippen molar-refractivity contribution in [3.8, 4) is 5.75 Å². The Morgan fingerprint density at radius 2 is 1.28 bits per heavy atom. The maximum absolute atomic E-state index is 12.6. The maximum atomic E-state index is 12.6. The molecule has 7 heteroatoms. The molecule has 2 aromatic rings. The summed E-state index contributed by atoms with van der Waals surface area (Å²) >= 11 is 0. The second kappa shape index (κ2) is 9.05. The van der Waals surface area contributed by atoms with Gasteiger partial charge in [-0.1, -0.05) is 0 Å². The first-order chi connectivity index (χ1) is 13.8. The van der Waals surface area contributed by atoms with Crippen LogP contribution in [0.5, 0.6) is 5.75 Å². The SMILES string of the molecule is CN(C)CN(C)C(=O)N(C)c1ccc(N2CCN(c3ccc(O)cc3)CC2)cc1. The zero-order chi connectivity index (χ0) is 21.0. The zero-order valence-electron chi connectivity index (χ0n) is 17.7. The molecule has 29 heavy (non-hydrogen) atoms. The van der Waals surface area contributed by atoms with Crippen molar-refractivity contribution in [2.24, 2.45) is 0 Å². The van der Waals surface area contributed by atoms with Crippen LogP contribution in [0.2, 0.25) is 0 Å². The van der Waals surface area contributed by atoms with Crippen molar-refractivity contribution in [1.29, 1.82) is 0 Å². The van der Waals surface area contributed by atoms with Crippen molar-refractivity contribution in [2.75, 3.05) is 75.7 Å². The fourth-order valence-electron chi connectivity index (χ4n) is 3.62. The van der Waals surface area contributed by atoms with Gasteiger partial charge in [0.05, 0.1) is 6.67 Å². The summed E-state index contributed by atoms with van der Waals surface area (Å²) in [4.78, 5) is 22.6. The highest BCUT2D eigenvalue weighted by Crippen LogP contribution is 2.24. The number of phenols is 1. The Kier molecular flexibility index (Phi) is 6.49. The van der Waals surface area contributed by atoms with E-state index in [1.165, 1.54) is 5.69 Å². The Morgan fingerprint density at radius 1 is 0.828 bits per heavy atom. The molecule has 2 aromatic carbocycles. The van der Waals surface area contributed by atoms with Gasteiger partial charge in [0.1, 0.15) is 5.75 Å². The molecular weight excluding hydrogens is 366 g/mol. The van der Waals surface area contributed by atoms with Crippen LogP contribution in [-0.2, 0) is 0 Å². The van der Waals surface area contributed by atoms with E-state index in [0.29, 0.717) is 12.4 Å². The average Bonchev–Trinajstić information content (AvgIpc) is 2.73. The Morgan fingerprint density at radius 3 is 1.72 bits per heavy atom. The molecular formula is C22H31N5O2. The van der Waals surface area contributed by atoms with E-state index in [-0.39, 0.29) is 6.03 Å². The maximum Gasteiger partial charge on any atom is 0.324 e. The molecule has 1 saturated heterocycles. The number of carbonyl (C=O) groups is 1. The van der Waals surface area contributed by atoms with Gasteiger partial charge in [-0.15, -0.1) is 0 Å². The summed E-state index contributed by atoms with van der Waals surface area (Å²) < 4.78 is 0. The third kappa shape index (κ3) is 5.12. The van der Waals surface area contributed by atoms with Crippen LogP contribution in [0.1, 0.15) is 0 Å². The summed E-state index contributed by atoms with van der Waals surface area (Å²) in [5.74, 6) is 0.295. The fraction of sp³-hybridized carbons (Fsp3) is 0.409. The van der Waals surface area contributed by atoms with Crippen LogP contribution < -0.4 is 14.7 Å². The molecule has 1 fully saturated rings. The monoisotopic (exact) mass is 397 g/mol. The minimum absolute atomic E-state index is 0.0334. The van der Waals surface area contributed by atoms with Crippen LogP contribution in [0.25, 0.3) is 0 Å². The van der Waals surface area contributed by atoms with E-state index in [2.05, 4.69) is 21.9 Å². The van der Waals surface area contributed by atoms with Gasteiger partial charge in [-0.05, 0) is 62.6 Å². The minimum Gasteiger partial charge on any atom is -0.508 e. The van der Waals surface area contributed by atoms with Crippen LogP contribution in [-0.4, -0.2) is 82.0 Å². The quantitative estimate of drug-likeness (QED) is 0.787. The molecule has 3 rings (SSSR count). The summed E-state index contributed by atoms with van der Waals surface area (Å²) in [5, 5.41) is 9.45. The normalized spacial score (nSPS) is 14.2. The smallest absolute Gasteiger partial charge is 0.324 e. The zero-order valence-corrected chi connectivity index (χ0v) is 17.7. The van der Waals surface area contributed by atoms with Crippen molar-refractivity contribution in [1.82, 2.24) is 9.80 Å². The van der Waals surface area contributed by atoms with Gasteiger partial charge < -0.3 is 19.8 Å². The summed E-state index contributed by atoms with van der Waals surface area (Å²) in [6, 6.07) is 15.5. The Labute approximate surface area is 173 Å². The lowest BCUT2D eigenvalue weighted by Crippen LogP contribution is -2.46. The van der Waals surface area contributed by atoms with Gasteiger partial charge in [-0.25, -0.2) is 4.79 Å². The van der Waals surface area contributed by atoms with E-state index >= 15 is 0 Å². The van der Waals surface area contributed by atoms with E-state index < -0.39 is 0 Å². The predicted octanol–water partition coefficient (Wildman–Crippen LogP) is 2.73. The van der Waals surface area contributed by atoms with Gasteiger partial charge in [0.15, 0.2) is 0 Å². The summed E-state index contributed by atoms with van der Waals surface area (Å²) in [5.41, 5.74) is 3.19. The number of urea groups is 1. The van der Waals surface area contributed by atoms with E-state index in [9.17, 15) is 9.90 Å². The van der Waals surface area contributed by atoms with E-state index in [1.54, 1.807) is 36.0 Å². The van der Waals surface area contributed by atoms with Gasteiger partial charge in [0.2, 0.25) is 0 Å². The van der Waals surface area contributed by atoms with Crippen LogP contribution in [0, 0.1) is 0 Å². The average molecular weight is 398 g/mol. The molecule has 0 aliphatic carbocycles. The molecule has 0 spiro atoms. The molecule has 0 radical (unpaired) electrons. The van der Waals surface area contributed by atoms with Gasteiger partial charge in [-0.2, -0.15) is 0 Å². The van der Waals surface area contributed by atoms with Crippen molar-refractivity contribution in [2.45, 2.75) is 0 Å². The van der Waals surface area contributed by atoms with Crippen LogP contribution in [0.4, 0.5) is 21.9 Å². The number of phenolic OH excluding ortho intramolecular Hbond substituents is 1. The summed E-state index contributed by atoms with van der Waals surface area (Å²) in [6.45, 7) is 4.30. The van der Waals surface area contributed by atoms with Gasteiger partial charge in [0, 0.05) is 57.3 Å². The topological polar surface area (TPSA) is 53.5 Å². The van der Waals surface area contributed by atoms with Crippen LogP contribution >= 0.6 is 0 Å². The molecule has 0 saturated carbocycles. The Bertz CT molecular complexity index is 799. The summed E-state index contributed by atoms with van der Waals surface area (Å²) in [7, 11) is 7.50. The number of hydrogen-bond donors (Lipinski definition) is 1. The molecule has 0 aromatic heterocycles.